The highest BCUT2D eigenvalue weighted by Crippen LogP contribution is 2.29. The predicted molar refractivity (Wildman–Crippen MR) is 58.2 cm³/mol. The summed E-state index contributed by atoms with van der Waals surface area (Å²) in [7, 11) is 0. The maximum absolute atomic E-state index is 13.5. The van der Waals surface area contributed by atoms with Gasteiger partial charge >= 0.3 is 0 Å². The molecule has 14 heavy (non-hydrogen) atoms. The lowest BCUT2D eigenvalue weighted by Gasteiger charge is -2.15. The topological polar surface area (TPSA) is 26.0 Å². The second-order valence-electron chi connectivity index (χ2n) is 3.55. The van der Waals surface area contributed by atoms with Crippen molar-refractivity contribution in [2.24, 2.45) is 5.73 Å². The highest BCUT2D eigenvalue weighted by molar-refractivity contribution is 6.31. The fourth-order valence-corrected chi connectivity index (χ4v) is 1.83. The van der Waals surface area contributed by atoms with Gasteiger partial charge in [0.15, 0.2) is 0 Å². The van der Waals surface area contributed by atoms with Gasteiger partial charge < -0.3 is 5.73 Å². The largest absolute Gasteiger partial charge is 0.330 e. The first-order valence-electron chi connectivity index (χ1n) is 4.72. The third-order valence-electron chi connectivity index (χ3n) is 2.49. The molecule has 2 N–H and O–H groups in total. The number of hydrogen-bond acceptors (Lipinski definition) is 1. The van der Waals surface area contributed by atoms with Crippen molar-refractivity contribution >= 4 is 11.6 Å². The summed E-state index contributed by atoms with van der Waals surface area (Å²) in [5.41, 5.74) is 6.97. The lowest BCUT2D eigenvalue weighted by molar-refractivity contribution is 0.574. The second-order valence-corrected chi connectivity index (χ2v) is 3.95. The van der Waals surface area contributed by atoms with E-state index in [0.717, 1.165) is 12.0 Å². The minimum absolute atomic E-state index is 0.124. The molecule has 1 rings (SSSR count). The number of hydrogen-bond donors (Lipinski definition) is 1. The van der Waals surface area contributed by atoms with Crippen LogP contribution in [0, 0.1) is 12.7 Å². The van der Waals surface area contributed by atoms with Crippen molar-refractivity contribution in [3.63, 3.8) is 0 Å². The van der Waals surface area contributed by atoms with Crippen LogP contribution in [0.2, 0.25) is 5.02 Å². The molecule has 0 bridgehead atoms. The first kappa shape index (κ1) is 11.5. The molecule has 78 valence electrons. The highest BCUT2D eigenvalue weighted by Gasteiger charge is 2.14. The van der Waals surface area contributed by atoms with Gasteiger partial charge in [-0.2, -0.15) is 0 Å². The third-order valence-corrected chi connectivity index (χ3v) is 2.90. The van der Waals surface area contributed by atoms with Crippen LogP contribution < -0.4 is 5.73 Å². The summed E-state index contributed by atoms with van der Waals surface area (Å²) in [6, 6.07) is 3.00. The maximum atomic E-state index is 13.5. The van der Waals surface area contributed by atoms with Gasteiger partial charge in [0.25, 0.3) is 0 Å². The van der Waals surface area contributed by atoms with Crippen LogP contribution in [-0.4, -0.2) is 6.54 Å². The Hall–Kier alpha value is -0.600. The van der Waals surface area contributed by atoms with Crippen LogP contribution in [0.5, 0.6) is 0 Å². The van der Waals surface area contributed by atoms with Gasteiger partial charge in [-0.25, -0.2) is 4.39 Å². The zero-order chi connectivity index (χ0) is 10.7. The predicted octanol–water partition coefficient (Wildman–Crippen LogP) is 3.24. The van der Waals surface area contributed by atoms with Crippen molar-refractivity contribution in [3.05, 3.63) is 34.1 Å². The van der Waals surface area contributed by atoms with Gasteiger partial charge in [-0.1, -0.05) is 18.5 Å². The molecule has 0 aromatic heterocycles. The molecule has 0 heterocycles. The van der Waals surface area contributed by atoms with E-state index in [1.165, 1.54) is 6.07 Å². The number of benzene rings is 1. The molecule has 1 nitrogen and oxygen atoms in total. The Balaban J connectivity index is 3.11. The molecule has 1 aromatic rings. The van der Waals surface area contributed by atoms with Crippen molar-refractivity contribution in [2.75, 3.05) is 6.54 Å². The van der Waals surface area contributed by atoms with Crippen molar-refractivity contribution < 1.29 is 4.39 Å². The van der Waals surface area contributed by atoms with E-state index in [1.807, 2.05) is 13.8 Å². The SMILES string of the molecule is Cc1c(Cl)ccc(F)c1C(C)CCN. The molecule has 1 unspecified atom stereocenters. The fourth-order valence-electron chi connectivity index (χ4n) is 1.67. The van der Waals surface area contributed by atoms with Gasteiger partial charge in [-0.05, 0) is 49.1 Å². The van der Waals surface area contributed by atoms with Crippen LogP contribution >= 0.6 is 11.6 Å². The van der Waals surface area contributed by atoms with E-state index in [9.17, 15) is 4.39 Å². The Morgan fingerprint density at radius 1 is 1.50 bits per heavy atom. The fraction of sp³-hybridized carbons (Fsp3) is 0.455. The molecule has 0 saturated carbocycles. The van der Waals surface area contributed by atoms with Crippen LogP contribution in [0.4, 0.5) is 4.39 Å². The molecule has 3 heteroatoms. The first-order chi connectivity index (χ1) is 6.57. The standard InChI is InChI=1S/C11H15ClFN/c1-7(5-6-14)11-8(2)9(12)3-4-10(11)13/h3-4,7H,5-6,14H2,1-2H3. The van der Waals surface area contributed by atoms with Gasteiger partial charge in [0, 0.05) is 5.02 Å². The maximum Gasteiger partial charge on any atom is 0.127 e. The molecular weight excluding hydrogens is 201 g/mol. The van der Waals surface area contributed by atoms with E-state index in [-0.39, 0.29) is 11.7 Å². The molecule has 0 aliphatic rings. The quantitative estimate of drug-likeness (QED) is 0.823. The molecule has 0 spiro atoms. The van der Waals surface area contributed by atoms with Crippen LogP contribution in [0.15, 0.2) is 12.1 Å². The normalized spacial score (nSPS) is 12.9. The van der Waals surface area contributed by atoms with E-state index in [2.05, 4.69) is 0 Å². The molecule has 0 aliphatic heterocycles. The van der Waals surface area contributed by atoms with E-state index in [0.29, 0.717) is 17.1 Å². The van der Waals surface area contributed by atoms with Crippen LogP contribution in [0.25, 0.3) is 0 Å². The summed E-state index contributed by atoms with van der Waals surface area (Å²) < 4.78 is 13.5. The van der Waals surface area contributed by atoms with Gasteiger partial charge in [-0.3, -0.25) is 0 Å². The summed E-state index contributed by atoms with van der Waals surface area (Å²) in [5, 5.41) is 0.616. The lowest BCUT2D eigenvalue weighted by Crippen LogP contribution is -2.07. The summed E-state index contributed by atoms with van der Waals surface area (Å²) in [6.45, 7) is 4.37. The zero-order valence-electron chi connectivity index (χ0n) is 8.48. The van der Waals surface area contributed by atoms with E-state index < -0.39 is 0 Å². The van der Waals surface area contributed by atoms with Crippen LogP contribution in [0.1, 0.15) is 30.4 Å². The molecule has 0 radical (unpaired) electrons. The summed E-state index contributed by atoms with van der Waals surface area (Å²) in [4.78, 5) is 0. The molecular formula is C11H15ClFN. The van der Waals surface area contributed by atoms with Gasteiger partial charge in [0.05, 0.1) is 0 Å². The van der Waals surface area contributed by atoms with E-state index in [4.69, 9.17) is 17.3 Å². The number of rotatable bonds is 3. The first-order valence-corrected chi connectivity index (χ1v) is 5.10. The zero-order valence-corrected chi connectivity index (χ0v) is 9.24. The molecule has 0 aliphatic carbocycles. The summed E-state index contributed by atoms with van der Waals surface area (Å²) in [6.07, 6.45) is 0.776. The summed E-state index contributed by atoms with van der Waals surface area (Å²) in [5.74, 6) is -0.0634. The molecule has 0 amide bonds. The lowest BCUT2D eigenvalue weighted by atomic mass is 9.93. The molecule has 1 aromatic carbocycles. The van der Waals surface area contributed by atoms with Gasteiger partial charge in [0.1, 0.15) is 5.82 Å². The molecule has 0 fully saturated rings. The highest BCUT2D eigenvalue weighted by atomic mass is 35.5. The van der Waals surface area contributed by atoms with Crippen LogP contribution in [-0.2, 0) is 0 Å². The number of halogens is 2. The van der Waals surface area contributed by atoms with E-state index >= 15 is 0 Å². The van der Waals surface area contributed by atoms with Gasteiger partial charge in [-0.15, -0.1) is 0 Å². The van der Waals surface area contributed by atoms with Crippen molar-refractivity contribution in [1.29, 1.82) is 0 Å². The smallest absolute Gasteiger partial charge is 0.127 e. The average Bonchev–Trinajstić information content (AvgIpc) is 2.13. The van der Waals surface area contributed by atoms with Crippen molar-refractivity contribution in [1.82, 2.24) is 0 Å². The van der Waals surface area contributed by atoms with Crippen molar-refractivity contribution in [3.8, 4) is 0 Å². The molecule has 0 saturated heterocycles. The number of nitrogens with two attached hydrogens (primary N) is 1. The second kappa shape index (κ2) is 4.76. The monoisotopic (exact) mass is 215 g/mol. The van der Waals surface area contributed by atoms with Gasteiger partial charge in [0.2, 0.25) is 0 Å². The minimum Gasteiger partial charge on any atom is -0.330 e. The Morgan fingerprint density at radius 3 is 2.71 bits per heavy atom. The van der Waals surface area contributed by atoms with Crippen LogP contribution in [0.3, 0.4) is 0 Å². The Morgan fingerprint density at radius 2 is 2.14 bits per heavy atom. The Bertz CT molecular complexity index is 325. The summed E-state index contributed by atoms with van der Waals surface area (Å²) >= 11 is 5.93. The Kier molecular flexibility index (Phi) is 3.90. The average molecular weight is 216 g/mol. The van der Waals surface area contributed by atoms with E-state index in [1.54, 1.807) is 6.07 Å². The van der Waals surface area contributed by atoms with Crippen molar-refractivity contribution in [2.45, 2.75) is 26.2 Å². The Labute approximate surface area is 89.1 Å². The third kappa shape index (κ3) is 2.25. The molecule has 1 atom stereocenters. The minimum atomic E-state index is -0.187.